The van der Waals surface area contributed by atoms with Gasteiger partial charge in [-0.25, -0.2) is 0 Å². The Balaban J connectivity index is 2.16. The van der Waals surface area contributed by atoms with Crippen LogP contribution in [0.2, 0.25) is 0 Å². The molecular formula is C14H19NO4. The summed E-state index contributed by atoms with van der Waals surface area (Å²) in [4.78, 5) is 22.3. The number of methoxy groups -OCH3 is 1. The summed E-state index contributed by atoms with van der Waals surface area (Å²) >= 11 is 0. The van der Waals surface area contributed by atoms with Gasteiger partial charge in [-0.2, -0.15) is 0 Å². The van der Waals surface area contributed by atoms with E-state index in [-0.39, 0.29) is 18.5 Å². The largest absolute Gasteiger partial charge is 0.484 e. The monoisotopic (exact) mass is 265 g/mol. The average molecular weight is 265 g/mol. The first-order chi connectivity index (χ1) is 9.11. The fraction of sp³-hybridized carbons (Fsp3) is 0.429. The third-order valence-corrected chi connectivity index (χ3v) is 2.47. The van der Waals surface area contributed by atoms with Gasteiger partial charge in [-0.05, 0) is 31.0 Å². The SMILES string of the molecule is COC(=O)CCCNC(=O)COc1cccc(C)c1. The number of rotatable bonds is 7. The molecule has 0 unspecified atom stereocenters. The van der Waals surface area contributed by atoms with Crippen molar-refractivity contribution in [2.24, 2.45) is 0 Å². The van der Waals surface area contributed by atoms with Crippen molar-refractivity contribution in [3.8, 4) is 5.75 Å². The van der Waals surface area contributed by atoms with Crippen LogP contribution in [0, 0.1) is 6.92 Å². The lowest BCUT2D eigenvalue weighted by atomic mass is 10.2. The predicted octanol–water partition coefficient (Wildman–Crippen LogP) is 1.44. The molecule has 1 N–H and O–H groups in total. The minimum atomic E-state index is -0.273. The molecule has 5 heteroatoms. The van der Waals surface area contributed by atoms with Crippen LogP contribution in [-0.2, 0) is 14.3 Å². The Hall–Kier alpha value is -2.04. The van der Waals surface area contributed by atoms with Crippen LogP contribution >= 0.6 is 0 Å². The standard InChI is InChI=1S/C14H19NO4/c1-11-5-3-6-12(9-11)19-10-13(16)15-8-4-7-14(17)18-2/h3,5-6,9H,4,7-8,10H2,1-2H3,(H,15,16). The second-order valence-electron chi connectivity index (χ2n) is 4.13. The van der Waals surface area contributed by atoms with Crippen molar-refractivity contribution in [3.63, 3.8) is 0 Å². The molecule has 0 heterocycles. The quantitative estimate of drug-likeness (QED) is 0.598. The van der Waals surface area contributed by atoms with Gasteiger partial charge in [0, 0.05) is 13.0 Å². The third-order valence-electron chi connectivity index (χ3n) is 2.47. The second kappa shape index (κ2) is 8.13. The summed E-state index contributed by atoms with van der Waals surface area (Å²) in [5, 5.41) is 2.68. The molecule has 104 valence electrons. The topological polar surface area (TPSA) is 64.6 Å². The van der Waals surface area contributed by atoms with Crippen LogP contribution in [0.15, 0.2) is 24.3 Å². The first kappa shape index (κ1) is 15.0. The van der Waals surface area contributed by atoms with E-state index < -0.39 is 0 Å². The van der Waals surface area contributed by atoms with E-state index in [1.165, 1.54) is 7.11 Å². The van der Waals surface area contributed by atoms with Crippen LogP contribution < -0.4 is 10.1 Å². The number of carbonyl (C=O) groups excluding carboxylic acids is 2. The summed E-state index contributed by atoms with van der Waals surface area (Å²) in [7, 11) is 1.34. The molecule has 0 atom stereocenters. The van der Waals surface area contributed by atoms with Crippen molar-refractivity contribution in [3.05, 3.63) is 29.8 Å². The van der Waals surface area contributed by atoms with Crippen LogP contribution in [0.1, 0.15) is 18.4 Å². The number of carbonyl (C=O) groups is 2. The van der Waals surface area contributed by atoms with Gasteiger partial charge in [-0.1, -0.05) is 12.1 Å². The summed E-state index contributed by atoms with van der Waals surface area (Å²) in [6.45, 7) is 2.37. The van der Waals surface area contributed by atoms with Crippen LogP contribution in [0.25, 0.3) is 0 Å². The Morgan fingerprint density at radius 3 is 2.79 bits per heavy atom. The van der Waals surface area contributed by atoms with Gasteiger partial charge in [-0.3, -0.25) is 9.59 Å². The van der Waals surface area contributed by atoms with Crippen molar-refractivity contribution in [2.75, 3.05) is 20.3 Å². The molecule has 0 bridgehead atoms. The Morgan fingerprint density at radius 1 is 1.32 bits per heavy atom. The van der Waals surface area contributed by atoms with Gasteiger partial charge in [0.15, 0.2) is 6.61 Å². The van der Waals surface area contributed by atoms with E-state index in [4.69, 9.17) is 4.74 Å². The number of hydrogen-bond acceptors (Lipinski definition) is 4. The number of ether oxygens (including phenoxy) is 2. The number of benzene rings is 1. The Labute approximate surface area is 112 Å². The van der Waals surface area contributed by atoms with Gasteiger partial charge >= 0.3 is 5.97 Å². The molecule has 5 nitrogen and oxygen atoms in total. The molecule has 1 amide bonds. The summed E-state index contributed by atoms with van der Waals surface area (Å²) < 4.78 is 9.84. The predicted molar refractivity (Wildman–Crippen MR) is 70.9 cm³/mol. The van der Waals surface area contributed by atoms with Gasteiger partial charge in [0.1, 0.15) is 5.75 Å². The fourth-order valence-electron chi connectivity index (χ4n) is 1.47. The summed E-state index contributed by atoms with van der Waals surface area (Å²) in [6, 6.07) is 7.50. The first-order valence-corrected chi connectivity index (χ1v) is 6.15. The molecule has 0 aromatic heterocycles. The third kappa shape index (κ3) is 6.45. The zero-order valence-corrected chi connectivity index (χ0v) is 11.3. The van der Waals surface area contributed by atoms with Gasteiger partial charge in [-0.15, -0.1) is 0 Å². The lowest BCUT2D eigenvalue weighted by molar-refractivity contribution is -0.140. The molecule has 0 spiro atoms. The number of amides is 1. The van der Waals surface area contributed by atoms with Crippen LogP contribution in [-0.4, -0.2) is 32.1 Å². The van der Waals surface area contributed by atoms with E-state index in [1.54, 1.807) is 6.07 Å². The Kier molecular flexibility index (Phi) is 6.43. The molecule has 1 aromatic rings. The molecule has 0 aliphatic heterocycles. The van der Waals surface area contributed by atoms with Gasteiger partial charge < -0.3 is 14.8 Å². The molecule has 0 radical (unpaired) electrons. The Morgan fingerprint density at radius 2 is 2.11 bits per heavy atom. The second-order valence-corrected chi connectivity index (χ2v) is 4.13. The van der Waals surface area contributed by atoms with Gasteiger partial charge in [0.05, 0.1) is 7.11 Å². The molecular weight excluding hydrogens is 246 g/mol. The number of aryl methyl sites for hydroxylation is 1. The smallest absolute Gasteiger partial charge is 0.305 e. The molecule has 1 aromatic carbocycles. The number of esters is 1. The van der Waals surface area contributed by atoms with Crippen LogP contribution in [0.4, 0.5) is 0 Å². The highest BCUT2D eigenvalue weighted by molar-refractivity contribution is 5.77. The van der Waals surface area contributed by atoms with E-state index in [0.717, 1.165) is 5.56 Å². The first-order valence-electron chi connectivity index (χ1n) is 6.15. The van der Waals surface area contributed by atoms with Crippen LogP contribution in [0.3, 0.4) is 0 Å². The van der Waals surface area contributed by atoms with E-state index in [1.807, 2.05) is 25.1 Å². The van der Waals surface area contributed by atoms with Crippen molar-refractivity contribution in [1.82, 2.24) is 5.32 Å². The highest BCUT2D eigenvalue weighted by Gasteiger charge is 2.04. The van der Waals surface area contributed by atoms with E-state index in [2.05, 4.69) is 10.1 Å². The van der Waals surface area contributed by atoms with Crippen molar-refractivity contribution < 1.29 is 19.1 Å². The normalized spacial score (nSPS) is 9.79. The molecule has 0 aliphatic carbocycles. The molecule has 0 fully saturated rings. The van der Waals surface area contributed by atoms with E-state index in [0.29, 0.717) is 25.1 Å². The van der Waals surface area contributed by atoms with Crippen molar-refractivity contribution in [2.45, 2.75) is 19.8 Å². The lowest BCUT2D eigenvalue weighted by Gasteiger charge is -2.07. The summed E-state index contributed by atoms with van der Waals surface area (Å²) in [6.07, 6.45) is 0.859. The minimum Gasteiger partial charge on any atom is -0.484 e. The highest BCUT2D eigenvalue weighted by Crippen LogP contribution is 2.11. The number of nitrogens with one attached hydrogen (secondary N) is 1. The maximum absolute atomic E-state index is 11.5. The minimum absolute atomic E-state index is 0.0261. The highest BCUT2D eigenvalue weighted by atomic mass is 16.5. The summed E-state index contributed by atoms with van der Waals surface area (Å²) in [5.41, 5.74) is 1.08. The van der Waals surface area contributed by atoms with E-state index >= 15 is 0 Å². The maximum Gasteiger partial charge on any atom is 0.305 e. The molecule has 0 saturated heterocycles. The molecule has 1 rings (SSSR count). The van der Waals surface area contributed by atoms with Gasteiger partial charge in [0.2, 0.25) is 0 Å². The van der Waals surface area contributed by atoms with Crippen LogP contribution in [0.5, 0.6) is 5.75 Å². The molecule has 0 aliphatic rings. The fourth-order valence-corrected chi connectivity index (χ4v) is 1.47. The van der Waals surface area contributed by atoms with E-state index in [9.17, 15) is 9.59 Å². The molecule has 0 saturated carbocycles. The summed E-state index contributed by atoms with van der Waals surface area (Å²) in [5.74, 6) is 0.196. The molecule has 19 heavy (non-hydrogen) atoms. The zero-order valence-electron chi connectivity index (χ0n) is 11.3. The van der Waals surface area contributed by atoms with Crippen molar-refractivity contribution >= 4 is 11.9 Å². The Bertz CT molecular complexity index is 431. The number of hydrogen-bond donors (Lipinski definition) is 1. The van der Waals surface area contributed by atoms with Gasteiger partial charge in [0.25, 0.3) is 5.91 Å². The lowest BCUT2D eigenvalue weighted by Crippen LogP contribution is -2.30. The van der Waals surface area contributed by atoms with Crippen molar-refractivity contribution in [1.29, 1.82) is 0 Å². The average Bonchev–Trinajstić information content (AvgIpc) is 2.41. The zero-order chi connectivity index (χ0) is 14.1. The maximum atomic E-state index is 11.5.